The van der Waals surface area contributed by atoms with Gasteiger partial charge in [0.15, 0.2) is 5.82 Å². The SMILES string of the molecule is O=C(Nc1cccc(-c2n[nH]c(C3CC3)n2)c1)c1cc([N+](=O)[O-])ccc1Cl. The van der Waals surface area contributed by atoms with Gasteiger partial charge >= 0.3 is 0 Å². The molecule has 136 valence electrons. The zero-order valence-electron chi connectivity index (χ0n) is 14.0. The number of anilines is 1. The molecule has 3 aromatic rings. The molecule has 1 fully saturated rings. The van der Waals surface area contributed by atoms with Crippen molar-refractivity contribution in [3.8, 4) is 11.4 Å². The van der Waals surface area contributed by atoms with Crippen LogP contribution in [0.2, 0.25) is 5.02 Å². The van der Waals surface area contributed by atoms with E-state index in [4.69, 9.17) is 11.6 Å². The average molecular weight is 384 g/mol. The smallest absolute Gasteiger partial charge is 0.270 e. The maximum Gasteiger partial charge on any atom is 0.270 e. The first-order valence-corrected chi connectivity index (χ1v) is 8.67. The summed E-state index contributed by atoms with van der Waals surface area (Å²) in [6, 6.07) is 10.8. The third-order valence-corrected chi connectivity index (χ3v) is 4.58. The van der Waals surface area contributed by atoms with Crippen molar-refractivity contribution in [2.24, 2.45) is 0 Å². The van der Waals surface area contributed by atoms with Crippen molar-refractivity contribution in [3.05, 3.63) is 69.0 Å². The number of nitrogens with zero attached hydrogens (tertiary/aromatic N) is 3. The van der Waals surface area contributed by atoms with E-state index in [0.29, 0.717) is 17.4 Å². The number of nitrogens with one attached hydrogen (secondary N) is 2. The minimum absolute atomic E-state index is 0.0326. The molecule has 1 aromatic heterocycles. The van der Waals surface area contributed by atoms with Gasteiger partial charge in [-0.05, 0) is 31.0 Å². The van der Waals surface area contributed by atoms with Gasteiger partial charge in [-0.1, -0.05) is 23.7 Å². The Morgan fingerprint density at radius 3 is 2.81 bits per heavy atom. The fourth-order valence-electron chi connectivity index (χ4n) is 2.68. The summed E-state index contributed by atoms with van der Waals surface area (Å²) in [5.74, 6) is 1.36. The Labute approximate surface area is 158 Å². The minimum Gasteiger partial charge on any atom is -0.322 e. The number of aromatic nitrogens is 3. The minimum atomic E-state index is -0.575. The fourth-order valence-corrected chi connectivity index (χ4v) is 2.88. The lowest BCUT2D eigenvalue weighted by atomic mass is 10.1. The summed E-state index contributed by atoms with van der Waals surface area (Å²) in [6.07, 6.45) is 2.24. The summed E-state index contributed by atoms with van der Waals surface area (Å²) in [4.78, 5) is 27.3. The van der Waals surface area contributed by atoms with Crippen molar-refractivity contribution in [1.29, 1.82) is 0 Å². The summed E-state index contributed by atoms with van der Waals surface area (Å²) in [7, 11) is 0. The van der Waals surface area contributed by atoms with Gasteiger partial charge in [0.25, 0.3) is 11.6 Å². The molecule has 0 radical (unpaired) electrons. The fraction of sp³-hybridized carbons (Fsp3) is 0.167. The lowest BCUT2D eigenvalue weighted by Gasteiger charge is -2.07. The van der Waals surface area contributed by atoms with E-state index in [0.717, 1.165) is 30.3 Å². The second-order valence-electron chi connectivity index (χ2n) is 6.27. The van der Waals surface area contributed by atoms with Crippen molar-refractivity contribution in [3.63, 3.8) is 0 Å². The Balaban J connectivity index is 1.56. The van der Waals surface area contributed by atoms with Crippen LogP contribution in [0.3, 0.4) is 0 Å². The molecule has 9 heteroatoms. The average Bonchev–Trinajstić information content (AvgIpc) is 3.39. The van der Waals surface area contributed by atoms with E-state index in [1.165, 1.54) is 12.1 Å². The molecule has 4 rings (SSSR count). The van der Waals surface area contributed by atoms with E-state index >= 15 is 0 Å². The molecule has 0 aliphatic heterocycles. The number of rotatable bonds is 5. The molecule has 0 bridgehead atoms. The number of benzene rings is 2. The van der Waals surface area contributed by atoms with Gasteiger partial charge in [-0.25, -0.2) is 4.98 Å². The monoisotopic (exact) mass is 383 g/mol. The predicted molar refractivity (Wildman–Crippen MR) is 99.9 cm³/mol. The van der Waals surface area contributed by atoms with E-state index < -0.39 is 10.8 Å². The highest BCUT2D eigenvalue weighted by Gasteiger charge is 2.27. The summed E-state index contributed by atoms with van der Waals surface area (Å²) in [6.45, 7) is 0. The Hall–Kier alpha value is -3.26. The Morgan fingerprint density at radius 1 is 1.26 bits per heavy atom. The van der Waals surface area contributed by atoms with Gasteiger partial charge < -0.3 is 5.32 Å². The topological polar surface area (TPSA) is 114 Å². The first-order chi connectivity index (χ1) is 13.0. The van der Waals surface area contributed by atoms with Gasteiger partial charge in [0.1, 0.15) is 5.82 Å². The van der Waals surface area contributed by atoms with Gasteiger partial charge in [0.05, 0.1) is 15.5 Å². The number of carbonyl (C=O) groups excluding carboxylic acids is 1. The summed E-state index contributed by atoms with van der Waals surface area (Å²) < 4.78 is 0. The van der Waals surface area contributed by atoms with Crippen LogP contribution < -0.4 is 5.32 Å². The van der Waals surface area contributed by atoms with E-state index in [9.17, 15) is 14.9 Å². The third-order valence-electron chi connectivity index (χ3n) is 4.25. The molecule has 1 aliphatic rings. The highest BCUT2D eigenvalue weighted by Crippen LogP contribution is 2.38. The first-order valence-electron chi connectivity index (χ1n) is 8.29. The summed E-state index contributed by atoms with van der Waals surface area (Å²) in [5.41, 5.74) is 1.09. The van der Waals surface area contributed by atoms with Crippen molar-refractivity contribution < 1.29 is 9.72 Å². The first kappa shape index (κ1) is 17.2. The maximum absolute atomic E-state index is 12.5. The number of nitro benzene ring substituents is 1. The van der Waals surface area contributed by atoms with Crippen LogP contribution in [-0.4, -0.2) is 26.0 Å². The molecule has 1 amide bonds. The lowest BCUT2D eigenvalue weighted by Crippen LogP contribution is -2.12. The van der Waals surface area contributed by atoms with Crippen LogP contribution in [0.25, 0.3) is 11.4 Å². The predicted octanol–water partition coefficient (Wildman–Crippen LogP) is 4.16. The van der Waals surface area contributed by atoms with Gasteiger partial charge in [-0.15, -0.1) is 0 Å². The second kappa shape index (κ2) is 6.81. The Morgan fingerprint density at radius 2 is 2.07 bits per heavy atom. The number of nitro groups is 1. The number of amides is 1. The normalized spacial score (nSPS) is 13.4. The number of non-ortho nitro benzene ring substituents is 1. The molecule has 0 unspecified atom stereocenters. The number of aromatic amines is 1. The molecule has 2 aromatic carbocycles. The third kappa shape index (κ3) is 3.65. The van der Waals surface area contributed by atoms with Crippen LogP contribution in [0.15, 0.2) is 42.5 Å². The molecule has 0 atom stereocenters. The number of hydrogen-bond acceptors (Lipinski definition) is 5. The second-order valence-corrected chi connectivity index (χ2v) is 6.68. The highest BCUT2D eigenvalue weighted by molar-refractivity contribution is 6.34. The molecular weight excluding hydrogens is 370 g/mol. The highest BCUT2D eigenvalue weighted by atomic mass is 35.5. The van der Waals surface area contributed by atoms with Gasteiger partial charge in [0, 0.05) is 29.3 Å². The molecule has 1 aliphatic carbocycles. The van der Waals surface area contributed by atoms with Crippen LogP contribution in [0, 0.1) is 10.1 Å². The zero-order chi connectivity index (χ0) is 19.0. The summed E-state index contributed by atoms with van der Waals surface area (Å²) >= 11 is 6.02. The van der Waals surface area contributed by atoms with E-state index in [1.807, 2.05) is 6.07 Å². The molecule has 1 heterocycles. The molecule has 0 spiro atoms. The standard InChI is InChI=1S/C18H14ClN5O3/c19-15-7-6-13(24(26)27)9-14(15)18(25)20-12-3-1-2-11(8-12)17-21-16(22-23-17)10-4-5-10/h1-3,6-10H,4-5H2,(H,20,25)(H,21,22,23). The molecular formula is C18H14ClN5O3. The molecule has 8 nitrogen and oxygen atoms in total. The van der Waals surface area contributed by atoms with Gasteiger partial charge in [-0.2, -0.15) is 5.10 Å². The quantitative estimate of drug-likeness (QED) is 0.507. The molecule has 0 saturated heterocycles. The number of carbonyl (C=O) groups is 1. The molecule has 2 N–H and O–H groups in total. The number of H-pyrrole nitrogens is 1. The van der Waals surface area contributed by atoms with E-state index in [1.54, 1.807) is 18.2 Å². The van der Waals surface area contributed by atoms with Crippen LogP contribution in [0.1, 0.15) is 34.9 Å². The number of hydrogen-bond donors (Lipinski definition) is 2. The maximum atomic E-state index is 12.5. The summed E-state index contributed by atoms with van der Waals surface area (Å²) in [5, 5.41) is 20.9. The van der Waals surface area contributed by atoms with Gasteiger partial charge in [0.2, 0.25) is 0 Å². The van der Waals surface area contributed by atoms with Crippen molar-refractivity contribution >= 4 is 28.9 Å². The van der Waals surface area contributed by atoms with Crippen LogP contribution >= 0.6 is 11.6 Å². The van der Waals surface area contributed by atoms with Crippen LogP contribution in [-0.2, 0) is 0 Å². The molecule has 27 heavy (non-hydrogen) atoms. The van der Waals surface area contributed by atoms with E-state index in [2.05, 4.69) is 20.5 Å². The van der Waals surface area contributed by atoms with Crippen molar-refractivity contribution in [2.75, 3.05) is 5.32 Å². The Bertz CT molecular complexity index is 1040. The van der Waals surface area contributed by atoms with Crippen molar-refractivity contribution in [1.82, 2.24) is 15.2 Å². The van der Waals surface area contributed by atoms with E-state index in [-0.39, 0.29) is 16.3 Å². The number of halogens is 1. The van der Waals surface area contributed by atoms with Crippen LogP contribution in [0.4, 0.5) is 11.4 Å². The van der Waals surface area contributed by atoms with Crippen LogP contribution in [0.5, 0.6) is 0 Å². The Kier molecular flexibility index (Phi) is 4.33. The lowest BCUT2D eigenvalue weighted by molar-refractivity contribution is -0.384. The van der Waals surface area contributed by atoms with Gasteiger partial charge in [-0.3, -0.25) is 20.0 Å². The zero-order valence-corrected chi connectivity index (χ0v) is 14.7. The van der Waals surface area contributed by atoms with Crippen molar-refractivity contribution in [2.45, 2.75) is 18.8 Å². The largest absolute Gasteiger partial charge is 0.322 e. The molecule has 1 saturated carbocycles.